The maximum Gasteiger partial charge on any atom is 0.241 e. The lowest BCUT2D eigenvalue weighted by atomic mass is 10.2. The molecule has 1 heterocycles. The molecule has 2 N–H and O–H groups in total. The van der Waals surface area contributed by atoms with Crippen molar-refractivity contribution in [2.24, 2.45) is 0 Å². The van der Waals surface area contributed by atoms with Crippen molar-refractivity contribution >= 4 is 33.8 Å². The lowest BCUT2D eigenvalue weighted by Crippen LogP contribution is -2.35. The number of halogens is 1. The van der Waals surface area contributed by atoms with E-state index in [0.717, 1.165) is 24.9 Å². The second-order valence-corrected chi connectivity index (χ2v) is 9.45. The van der Waals surface area contributed by atoms with Crippen molar-refractivity contribution in [3.63, 3.8) is 0 Å². The minimum absolute atomic E-state index is 0. The molecule has 2 rings (SSSR count). The quantitative estimate of drug-likeness (QED) is 0.865. The zero-order chi connectivity index (χ0) is 16.4. The maximum atomic E-state index is 12.2. The fourth-order valence-electron chi connectivity index (χ4n) is 2.26. The molecule has 1 unspecified atom stereocenters. The first-order valence-electron chi connectivity index (χ1n) is 7.54. The van der Waals surface area contributed by atoms with Crippen molar-refractivity contribution in [2.45, 2.75) is 50.2 Å². The monoisotopic (exact) mass is 360 g/mol. The Morgan fingerprint density at radius 2 is 1.87 bits per heavy atom. The Balaban J connectivity index is 0.00000264. The van der Waals surface area contributed by atoms with E-state index >= 15 is 0 Å². The van der Waals surface area contributed by atoms with Crippen LogP contribution in [0.15, 0.2) is 24.3 Å². The van der Waals surface area contributed by atoms with E-state index in [1.807, 2.05) is 0 Å². The van der Waals surface area contributed by atoms with E-state index in [1.54, 1.807) is 45.0 Å². The minimum atomic E-state index is -3.20. The standard InChI is InChI=1S/C16H24N2O3S.ClH/c1-16(2,3)22(20,21)11-12-6-8-13(9-7-12)18-15(19)14-5-4-10-17-14;/h6-9,14,17H,4-5,10-11H2,1-3H3,(H,18,19);1H. The Bertz CT molecular complexity index is 630. The second-order valence-electron chi connectivity index (χ2n) is 6.71. The van der Waals surface area contributed by atoms with E-state index in [4.69, 9.17) is 0 Å². The van der Waals surface area contributed by atoms with Gasteiger partial charge in [-0.15, -0.1) is 12.4 Å². The highest BCUT2D eigenvalue weighted by molar-refractivity contribution is 7.91. The Hall–Kier alpha value is -1.11. The number of hydrogen-bond donors (Lipinski definition) is 2. The normalized spacial score (nSPS) is 18.3. The highest BCUT2D eigenvalue weighted by atomic mass is 35.5. The molecule has 23 heavy (non-hydrogen) atoms. The molecule has 1 saturated heterocycles. The van der Waals surface area contributed by atoms with Crippen molar-refractivity contribution in [1.29, 1.82) is 0 Å². The molecular weight excluding hydrogens is 336 g/mol. The van der Waals surface area contributed by atoms with Gasteiger partial charge in [-0.3, -0.25) is 4.79 Å². The molecule has 1 fully saturated rings. The molecule has 1 aromatic carbocycles. The van der Waals surface area contributed by atoms with Crippen LogP contribution in [-0.4, -0.2) is 31.7 Å². The average molecular weight is 361 g/mol. The summed E-state index contributed by atoms with van der Waals surface area (Å²) in [6.45, 7) is 5.98. The summed E-state index contributed by atoms with van der Waals surface area (Å²) in [5.41, 5.74) is 1.42. The van der Waals surface area contributed by atoms with Crippen LogP contribution >= 0.6 is 12.4 Å². The van der Waals surface area contributed by atoms with Gasteiger partial charge in [-0.25, -0.2) is 8.42 Å². The Morgan fingerprint density at radius 3 is 2.35 bits per heavy atom. The molecule has 0 radical (unpaired) electrons. The van der Waals surface area contributed by atoms with Gasteiger partial charge in [-0.1, -0.05) is 12.1 Å². The topological polar surface area (TPSA) is 75.3 Å². The average Bonchev–Trinajstić information content (AvgIpc) is 2.93. The van der Waals surface area contributed by atoms with Gasteiger partial charge in [0.1, 0.15) is 0 Å². The molecule has 130 valence electrons. The summed E-state index contributed by atoms with van der Waals surface area (Å²) in [7, 11) is -3.20. The van der Waals surface area contributed by atoms with Gasteiger partial charge in [-0.05, 0) is 57.9 Å². The third kappa shape index (κ3) is 5.19. The van der Waals surface area contributed by atoms with E-state index in [2.05, 4.69) is 10.6 Å². The van der Waals surface area contributed by atoms with Gasteiger partial charge >= 0.3 is 0 Å². The van der Waals surface area contributed by atoms with Crippen LogP contribution in [0, 0.1) is 0 Å². The molecule has 0 aliphatic carbocycles. The van der Waals surface area contributed by atoms with Crippen molar-refractivity contribution in [2.75, 3.05) is 11.9 Å². The number of amides is 1. The first-order chi connectivity index (χ1) is 10.2. The van der Waals surface area contributed by atoms with Crippen LogP contribution in [0.2, 0.25) is 0 Å². The summed E-state index contributed by atoms with van der Waals surface area (Å²) in [5.74, 6) is -0.0258. The van der Waals surface area contributed by atoms with Gasteiger partial charge in [0.2, 0.25) is 5.91 Å². The lowest BCUT2D eigenvalue weighted by molar-refractivity contribution is -0.117. The molecule has 5 nitrogen and oxygen atoms in total. The predicted octanol–water partition coefficient (Wildman–Crippen LogP) is 2.51. The molecule has 1 atom stereocenters. The molecule has 0 bridgehead atoms. The number of hydrogen-bond acceptors (Lipinski definition) is 4. The van der Waals surface area contributed by atoms with Gasteiger partial charge in [0.05, 0.1) is 16.5 Å². The largest absolute Gasteiger partial charge is 0.325 e. The van der Waals surface area contributed by atoms with Gasteiger partial charge < -0.3 is 10.6 Å². The molecule has 7 heteroatoms. The Labute approximate surface area is 144 Å². The Kier molecular flexibility index (Phi) is 6.62. The first-order valence-corrected chi connectivity index (χ1v) is 9.20. The number of rotatable bonds is 4. The minimum Gasteiger partial charge on any atom is -0.325 e. The zero-order valence-corrected chi connectivity index (χ0v) is 15.4. The molecular formula is C16H25ClN2O3S. The van der Waals surface area contributed by atoms with E-state index < -0.39 is 14.6 Å². The van der Waals surface area contributed by atoms with E-state index in [9.17, 15) is 13.2 Å². The van der Waals surface area contributed by atoms with Crippen LogP contribution in [0.25, 0.3) is 0 Å². The van der Waals surface area contributed by atoms with Crippen LogP contribution in [0.5, 0.6) is 0 Å². The molecule has 1 aliphatic rings. The lowest BCUT2D eigenvalue weighted by Gasteiger charge is -2.19. The number of carbonyl (C=O) groups is 1. The summed E-state index contributed by atoms with van der Waals surface area (Å²) < 4.78 is 23.6. The van der Waals surface area contributed by atoms with Gasteiger partial charge in [0, 0.05) is 5.69 Å². The highest BCUT2D eigenvalue weighted by Crippen LogP contribution is 2.21. The summed E-state index contributed by atoms with van der Waals surface area (Å²) in [4.78, 5) is 12.0. The fraction of sp³-hybridized carbons (Fsp3) is 0.562. The summed E-state index contributed by atoms with van der Waals surface area (Å²) in [6.07, 6.45) is 1.87. The second kappa shape index (κ2) is 7.64. The van der Waals surface area contributed by atoms with E-state index in [-0.39, 0.29) is 30.1 Å². The van der Waals surface area contributed by atoms with E-state index in [1.165, 1.54) is 0 Å². The summed E-state index contributed by atoms with van der Waals surface area (Å²) >= 11 is 0. The SMILES string of the molecule is CC(C)(C)S(=O)(=O)Cc1ccc(NC(=O)C2CCCN2)cc1.Cl. The predicted molar refractivity (Wildman–Crippen MR) is 95.7 cm³/mol. The maximum absolute atomic E-state index is 12.2. The van der Waals surface area contributed by atoms with Gasteiger partial charge in [-0.2, -0.15) is 0 Å². The van der Waals surface area contributed by atoms with Crippen molar-refractivity contribution < 1.29 is 13.2 Å². The van der Waals surface area contributed by atoms with Crippen molar-refractivity contribution in [1.82, 2.24) is 5.32 Å². The number of carbonyl (C=O) groups excluding carboxylic acids is 1. The van der Waals surface area contributed by atoms with Crippen LogP contribution in [-0.2, 0) is 20.4 Å². The van der Waals surface area contributed by atoms with Crippen molar-refractivity contribution in [3.05, 3.63) is 29.8 Å². The van der Waals surface area contributed by atoms with Crippen LogP contribution < -0.4 is 10.6 Å². The first kappa shape index (κ1) is 19.9. The summed E-state index contributed by atoms with van der Waals surface area (Å²) in [6, 6.07) is 6.88. The highest BCUT2D eigenvalue weighted by Gasteiger charge is 2.29. The molecule has 1 aromatic rings. The third-order valence-electron chi connectivity index (χ3n) is 3.89. The molecule has 0 aromatic heterocycles. The van der Waals surface area contributed by atoms with E-state index in [0.29, 0.717) is 5.69 Å². The van der Waals surface area contributed by atoms with Crippen molar-refractivity contribution in [3.8, 4) is 0 Å². The number of anilines is 1. The third-order valence-corrected chi connectivity index (χ3v) is 6.47. The van der Waals surface area contributed by atoms with Crippen LogP contribution in [0.1, 0.15) is 39.2 Å². The zero-order valence-electron chi connectivity index (χ0n) is 13.8. The Morgan fingerprint density at radius 1 is 1.26 bits per heavy atom. The number of benzene rings is 1. The molecule has 0 saturated carbocycles. The van der Waals surface area contributed by atoms with Crippen LogP contribution in [0.4, 0.5) is 5.69 Å². The molecule has 1 amide bonds. The molecule has 1 aliphatic heterocycles. The smallest absolute Gasteiger partial charge is 0.241 e. The number of sulfone groups is 1. The molecule has 0 spiro atoms. The van der Waals surface area contributed by atoms with Gasteiger partial charge in [0.15, 0.2) is 9.84 Å². The van der Waals surface area contributed by atoms with Gasteiger partial charge in [0.25, 0.3) is 0 Å². The summed E-state index contributed by atoms with van der Waals surface area (Å²) in [5, 5.41) is 6.00. The fourth-order valence-corrected chi connectivity index (χ4v) is 3.32. The number of nitrogens with one attached hydrogen (secondary N) is 2. The van der Waals surface area contributed by atoms with Crippen LogP contribution in [0.3, 0.4) is 0 Å².